The van der Waals surface area contributed by atoms with Gasteiger partial charge in [0.25, 0.3) is 0 Å². The average molecular weight is 222 g/mol. The van der Waals surface area contributed by atoms with Gasteiger partial charge in [-0.1, -0.05) is 33.6 Å². The molecule has 2 unspecified atom stereocenters. The van der Waals surface area contributed by atoms with Gasteiger partial charge in [-0.25, -0.2) is 0 Å². The Labute approximate surface area is 101 Å². The van der Waals surface area contributed by atoms with Gasteiger partial charge < -0.3 is 5.32 Å². The molecule has 0 amide bonds. The normalized spacial score (nSPS) is 25.8. The standard InChI is InChI=1S/C14H26N2/c1-6-12(7-2)16-10-8-9-15-13(11-16)14(3,4)5/h1,12-13,15H,7-11H2,2-5H3. The molecule has 2 atom stereocenters. The lowest BCUT2D eigenvalue weighted by Gasteiger charge is -2.35. The van der Waals surface area contributed by atoms with Crippen molar-refractivity contribution in [1.29, 1.82) is 0 Å². The molecule has 1 saturated heterocycles. The van der Waals surface area contributed by atoms with Crippen LogP contribution in [0, 0.1) is 17.8 Å². The van der Waals surface area contributed by atoms with Crippen molar-refractivity contribution in [3.63, 3.8) is 0 Å². The molecule has 1 N–H and O–H groups in total. The summed E-state index contributed by atoms with van der Waals surface area (Å²) in [6.07, 6.45) is 7.86. The summed E-state index contributed by atoms with van der Waals surface area (Å²) in [5, 5.41) is 3.64. The van der Waals surface area contributed by atoms with Crippen LogP contribution in [0.1, 0.15) is 40.5 Å². The van der Waals surface area contributed by atoms with E-state index in [0.29, 0.717) is 17.5 Å². The number of rotatable bonds is 2. The molecule has 1 fully saturated rings. The van der Waals surface area contributed by atoms with Crippen molar-refractivity contribution in [1.82, 2.24) is 10.2 Å². The second-order valence-electron chi connectivity index (χ2n) is 5.81. The first kappa shape index (κ1) is 13.5. The molecular formula is C14H26N2. The minimum Gasteiger partial charge on any atom is -0.312 e. The number of hydrogen-bond donors (Lipinski definition) is 1. The van der Waals surface area contributed by atoms with E-state index in [0.717, 1.165) is 26.1 Å². The second-order valence-corrected chi connectivity index (χ2v) is 5.81. The van der Waals surface area contributed by atoms with E-state index in [1.165, 1.54) is 6.42 Å². The molecule has 2 nitrogen and oxygen atoms in total. The smallest absolute Gasteiger partial charge is 0.0709 e. The molecule has 0 spiro atoms. The van der Waals surface area contributed by atoms with Crippen LogP contribution in [0.25, 0.3) is 0 Å². The number of hydrogen-bond acceptors (Lipinski definition) is 2. The summed E-state index contributed by atoms with van der Waals surface area (Å²) in [6.45, 7) is 12.4. The highest BCUT2D eigenvalue weighted by atomic mass is 15.2. The van der Waals surface area contributed by atoms with Gasteiger partial charge in [-0.05, 0) is 24.8 Å². The molecule has 0 aromatic heterocycles. The molecule has 0 aliphatic carbocycles. The number of nitrogens with one attached hydrogen (secondary N) is 1. The molecule has 0 saturated carbocycles. The number of nitrogens with zero attached hydrogens (tertiary/aromatic N) is 1. The lowest BCUT2D eigenvalue weighted by molar-refractivity contribution is 0.175. The first-order valence-electron chi connectivity index (χ1n) is 6.42. The predicted octanol–water partition coefficient (Wildman–Crippen LogP) is 2.11. The highest BCUT2D eigenvalue weighted by Crippen LogP contribution is 2.22. The van der Waals surface area contributed by atoms with Gasteiger partial charge >= 0.3 is 0 Å². The van der Waals surface area contributed by atoms with Crippen molar-refractivity contribution in [3.05, 3.63) is 0 Å². The zero-order chi connectivity index (χ0) is 12.2. The van der Waals surface area contributed by atoms with Gasteiger partial charge in [-0.3, -0.25) is 4.90 Å². The predicted molar refractivity (Wildman–Crippen MR) is 70.3 cm³/mol. The van der Waals surface area contributed by atoms with Crippen LogP contribution in [0.5, 0.6) is 0 Å². The van der Waals surface area contributed by atoms with Gasteiger partial charge in [0.2, 0.25) is 0 Å². The Morgan fingerprint density at radius 1 is 1.50 bits per heavy atom. The Hall–Kier alpha value is -0.520. The molecule has 16 heavy (non-hydrogen) atoms. The van der Waals surface area contributed by atoms with Crippen molar-refractivity contribution in [2.45, 2.75) is 52.6 Å². The van der Waals surface area contributed by atoms with Crippen molar-refractivity contribution in [2.75, 3.05) is 19.6 Å². The Bertz CT molecular complexity index is 246. The van der Waals surface area contributed by atoms with Gasteiger partial charge in [0.05, 0.1) is 6.04 Å². The Kier molecular flexibility index (Phi) is 4.83. The van der Waals surface area contributed by atoms with Crippen molar-refractivity contribution < 1.29 is 0 Å². The van der Waals surface area contributed by atoms with Gasteiger partial charge in [0.15, 0.2) is 0 Å². The fraction of sp³-hybridized carbons (Fsp3) is 0.857. The van der Waals surface area contributed by atoms with Crippen molar-refractivity contribution >= 4 is 0 Å². The molecule has 1 rings (SSSR count). The molecule has 0 bridgehead atoms. The first-order chi connectivity index (χ1) is 7.49. The third-order valence-corrected chi connectivity index (χ3v) is 3.50. The van der Waals surface area contributed by atoms with Crippen LogP contribution in [-0.2, 0) is 0 Å². The molecule has 2 heteroatoms. The average Bonchev–Trinajstić information content (AvgIpc) is 2.45. The molecule has 1 heterocycles. The Balaban J connectivity index is 2.70. The fourth-order valence-electron chi connectivity index (χ4n) is 2.29. The van der Waals surface area contributed by atoms with Crippen LogP contribution < -0.4 is 5.32 Å². The van der Waals surface area contributed by atoms with Gasteiger partial charge in [-0.2, -0.15) is 0 Å². The van der Waals surface area contributed by atoms with Crippen LogP contribution in [0.2, 0.25) is 0 Å². The molecule has 1 aliphatic heterocycles. The highest BCUT2D eigenvalue weighted by Gasteiger charge is 2.29. The summed E-state index contributed by atoms with van der Waals surface area (Å²) in [5.41, 5.74) is 0.301. The second kappa shape index (κ2) is 5.70. The van der Waals surface area contributed by atoms with E-state index in [4.69, 9.17) is 6.42 Å². The van der Waals surface area contributed by atoms with Gasteiger partial charge in [0.1, 0.15) is 0 Å². The molecule has 0 radical (unpaired) electrons. The quantitative estimate of drug-likeness (QED) is 0.720. The summed E-state index contributed by atoms with van der Waals surface area (Å²) in [7, 11) is 0. The zero-order valence-corrected chi connectivity index (χ0v) is 11.2. The minimum absolute atomic E-state index is 0.301. The summed E-state index contributed by atoms with van der Waals surface area (Å²) in [6, 6.07) is 0.849. The molecule has 0 aromatic rings. The molecular weight excluding hydrogens is 196 g/mol. The molecule has 1 aliphatic rings. The Morgan fingerprint density at radius 3 is 2.69 bits per heavy atom. The van der Waals surface area contributed by atoms with E-state index < -0.39 is 0 Å². The number of terminal acetylenes is 1. The highest BCUT2D eigenvalue weighted by molar-refractivity contribution is 5.01. The largest absolute Gasteiger partial charge is 0.312 e. The third kappa shape index (κ3) is 3.50. The lowest BCUT2D eigenvalue weighted by Crippen LogP contribution is -2.48. The van der Waals surface area contributed by atoms with Crippen LogP contribution >= 0.6 is 0 Å². The SMILES string of the molecule is C#CC(CC)N1CCCNC(C(C)(C)C)C1. The molecule has 0 aromatic carbocycles. The maximum atomic E-state index is 5.61. The third-order valence-electron chi connectivity index (χ3n) is 3.50. The fourth-order valence-corrected chi connectivity index (χ4v) is 2.29. The van der Waals surface area contributed by atoms with E-state index in [-0.39, 0.29) is 0 Å². The van der Waals surface area contributed by atoms with E-state index in [1.807, 2.05) is 0 Å². The van der Waals surface area contributed by atoms with Crippen LogP contribution in [-0.4, -0.2) is 36.6 Å². The van der Waals surface area contributed by atoms with Crippen molar-refractivity contribution in [2.24, 2.45) is 5.41 Å². The summed E-state index contributed by atoms with van der Waals surface area (Å²) in [4.78, 5) is 2.47. The van der Waals surface area contributed by atoms with E-state index in [2.05, 4.69) is 43.8 Å². The molecule has 92 valence electrons. The summed E-state index contributed by atoms with van der Waals surface area (Å²) >= 11 is 0. The summed E-state index contributed by atoms with van der Waals surface area (Å²) in [5.74, 6) is 2.92. The van der Waals surface area contributed by atoms with E-state index in [1.54, 1.807) is 0 Å². The Morgan fingerprint density at radius 2 is 2.19 bits per heavy atom. The van der Waals surface area contributed by atoms with E-state index in [9.17, 15) is 0 Å². The van der Waals surface area contributed by atoms with Crippen LogP contribution in [0.4, 0.5) is 0 Å². The monoisotopic (exact) mass is 222 g/mol. The maximum absolute atomic E-state index is 5.61. The van der Waals surface area contributed by atoms with Gasteiger partial charge in [0, 0.05) is 19.1 Å². The zero-order valence-electron chi connectivity index (χ0n) is 11.2. The summed E-state index contributed by atoms with van der Waals surface area (Å²) < 4.78 is 0. The van der Waals surface area contributed by atoms with Crippen LogP contribution in [0.3, 0.4) is 0 Å². The first-order valence-corrected chi connectivity index (χ1v) is 6.42. The topological polar surface area (TPSA) is 15.3 Å². The van der Waals surface area contributed by atoms with E-state index >= 15 is 0 Å². The lowest BCUT2D eigenvalue weighted by atomic mass is 9.86. The van der Waals surface area contributed by atoms with Gasteiger partial charge in [-0.15, -0.1) is 6.42 Å². The van der Waals surface area contributed by atoms with Crippen molar-refractivity contribution in [3.8, 4) is 12.3 Å². The minimum atomic E-state index is 0.301. The maximum Gasteiger partial charge on any atom is 0.0709 e. The van der Waals surface area contributed by atoms with Crippen LogP contribution in [0.15, 0.2) is 0 Å².